The first-order valence-corrected chi connectivity index (χ1v) is 15.6. The first-order chi connectivity index (χ1) is 18.6. The van der Waals surface area contributed by atoms with E-state index in [1.807, 2.05) is 7.05 Å². The van der Waals surface area contributed by atoms with Gasteiger partial charge in [0.25, 0.3) is 0 Å². The van der Waals surface area contributed by atoms with Crippen LogP contribution in [-0.4, -0.2) is 82.3 Å². The van der Waals surface area contributed by atoms with Crippen LogP contribution in [0.5, 0.6) is 0 Å². The van der Waals surface area contributed by atoms with Crippen LogP contribution >= 0.6 is 0 Å². The maximum atomic E-state index is 11.8. The van der Waals surface area contributed by atoms with Gasteiger partial charge in [0, 0.05) is 18.0 Å². The predicted molar refractivity (Wildman–Crippen MR) is 148 cm³/mol. The van der Waals surface area contributed by atoms with Crippen molar-refractivity contribution in [2.45, 2.75) is 135 Å². The summed E-state index contributed by atoms with van der Waals surface area (Å²) in [6.07, 6.45) is 0.943. The molecule has 9 nitrogen and oxygen atoms in total. The zero-order chi connectivity index (χ0) is 29.2. The molecule has 5 saturated carbocycles. The summed E-state index contributed by atoms with van der Waals surface area (Å²) >= 11 is 0. The second kappa shape index (κ2) is 9.10. The Balaban J connectivity index is 1.33. The number of fused-ring (bicyclic) bond motifs is 2. The lowest BCUT2D eigenvalue weighted by atomic mass is 9.42. The van der Waals surface area contributed by atoms with E-state index in [4.69, 9.17) is 15.2 Å². The molecule has 40 heavy (non-hydrogen) atoms. The third-order valence-electron chi connectivity index (χ3n) is 14.4. The minimum atomic E-state index is -1.73. The molecule has 1 aliphatic heterocycles. The fraction of sp³-hybridized carbons (Fsp3) is 0.968. The summed E-state index contributed by atoms with van der Waals surface area (Å²) in [6.45, 7) is 11.9. The minimum Gasteiger partial charge on any atom is -0.479 e. The number of nitrogens with two attached hydrogens (primary N) is 1. The highest BCUT2D eigenvalue weighted by atomic mass is 16.7. The van der Waals surface area contributed by atoms with Crippen LogP contribution in [0.15, 0.2) is 0 Å². The van der Waals surface area contributed by atoms with Crippen LogP contribution in [-0.2, 0) is 14.3 Å². The quantitative estimate of drug-likeness (QED) is 0.295. The normalized spacial score (nSPS) is 57.2. The van der Waals surface area contributed by atoms with E-state index in [2.05, 4.69) is 39.9 Å². The highest BCUT2D eigenvalue weighted by Crippen LogP contribution is 2.89. The first-order valence-electron chi connectivity index (χ1n) is 15.6. The summed E-state index contributed by atoms with van der Waals surface area (Å²) in [5.74, 6) is -0.0534. The molecule has 15 unspecified atom stereocenters. The third-order valence-corrected chi connectivity index (χ3v) is 14.4. The Bertz CT molecular complexity index is 1040. The van der Waals surface area contributed by atoms with Gasteiger partial charge in [-0.25, -0.2) is 4.79 Å². The summed E-state index contributed by atoms with van der Waals surface area (Å²) in [7, 11) is 1.96. The van der Waals surface area contributed by atoms with Crippen molar-refractivity contribution in [2.75, 3.05) is 7.05 Å². The second-order valence-corrected chi connectivity index (χ2v) is 15.7. The predicted octanol–water partition coefficient (Wildman–Crippen LogP) is 2.25. The maximum absolute atomic E-state index is 11.8. The van der Waals surface area contributed by atoms with E-state index in [9.17, 15) is 25.2 Å². The monoisotopic (exact) mass is 564 g/mol. The molecule has 7 N–H and O–H groups in total. The molecule has 0 aromatic rings. The Hall–Kier alpha value is -0.810. The van der Waals surface area contributed by atoms with Crippen molar-refractivity contribution >= 4 is 5.97 Å². The summed E-state index contributed by atoms with van der Waals surface area (Å²) in [6, 6.07) is 0.380. The van der Waals surface area contributed by atoms with E-state index in [1.165, 1.54) is 32.1 Å². The average Bonchev–Trinajstić information content (AvgIpc) is 3.50. The number of aliphatic carboxylic acids is 1. The van der Waals surface area contributed by atoms with E-state index < -0.39 is 36.7 Å². The van der Waals surface area contributed by atoms with Crippen LogP contribution in [0.3, 0.4) is 0 Å². The van der Waals surface area contributed by atoms with Crippen LogP contribution < -0.4 is 11.1 Å². The van der Waals surface area contributed by atoms with Crippen molar-refractivity contribution in [2.24, 2.45) is 50.6 Å². The lowest BCUT2D eigenvalue weighted by Crippen LogP contribution is -2.61. The van der Waals surface area contributed by atoms with Crippen LogP contribution in [0.2, 0.25) is 0 Å². The van der Waals surface area contributed by atoms with Gasteiger partial charge in [0.2, 0.25) is 0 Å². The van der Waals surface area contributed by atoms with Crippen LogP contribution in [0, 0.1) is 44.8 Å². The average molecular weight is 565 g/mol. The lowest BCUT2D eigenvalue weighted by Gasteiger charge is -2.63. The highest BCUT2D eigenvalue weighted by molar-refractivity contribution is 5.73. The van der Waals surface area contributed by atoms with Crippen LogP contribution in [0.1, 0.15) is 86.0 Å². The molecular formula is C31H52N2O7. The topological polar surface area (TPSA) is 155 Å². The van der Waals surface area contributed by atoms with Crippen molar-refractivity contribution in [3.05, 3.63) is 0 Å². The molecule has 2 spiro atoms. The molecule has 15 atom stereocenters. The minimum absolute atomic E-state index is 0.00613. The highest BCUT2D eigenvalue weighted by Gasteiger charge is 2.82. The summed E-state index contributed by atoms with van der Waals surface area (Å²) in [4.78, 5) is 11.8. The zero-order valence-electron chi connectivity index (χ0n) is 25.1. The molecule has 228 valence electrons. The van der Waals surface area contributed by atoms with Gasteiger partial charge in [-0.1, -0.05) is 27.7 Å². The van der Waals surface area contributed by atoms with Crippen LogP contribution in [0.25, 0.3) is 0 Å². The molecule has 6 rings (SSSR count). The van der Waals surface area contributed by atoms with Gasteiger partial charge < -0.3 is 41.0 Å². The summed E-state index contributed by atoms with van der Waals surface area (Å²) in [5, 5.41) is 44.5. The fourth-order valence-corrected chi connectivity index (χ4v) is 12.0. The van der Waals surface area contributed by atoms with Crippen molar-refractivity contribution in [1.29, 1.82) is 0 Å². The lowest BCUT2D eigenvalue weighted by molar-refractivity contribution is -0.308. The van der Waals surface area contributed by atoms with E-state index in [0.29, 0.717) is 22.7 Å². The van der Waals surface area contributed by atoms with Gasteiger partial charge in [0.15, 0.2) is 12.4 Å². The molecule has 0 amide bonds. The number of aliphatic hydroxyl groups is 3. The molecule has 0 aromatic carbocycles. The van der Waals surface area contributed by atoms with E-state index in [-0.39, 0.29) is 40.4 Å². The van der Waals surface area contributed by atoms with Crippen molar-refractivity contribution in [1.82, 2.24) is 5.32 Å². The van der Waals surface area contributed by atoms with Gasteiger partial charge in [-0.3, -0.25) is 0 Å². The van der Waals surface area contributed by atoms with E-state index in [0.717, 1.165) is 19.3 Å². The summed E-state index contributed by atoms with van der Waals surface area (Å²) in [5.41, 5.74) is 7.55. The van der Waals surface area contributed by atoms with Crippen molar-refractivity contribution in [3.8, 4) is 0 Å². The molecule has 1 heterocycles. The molecule has 0 radical (unpaired) electrons. The molecule has 6 fully saturated rings. The molecule has 9 heteroatoms. The number of hydrogen-bond donors (Lipinski definition) is 6. The molecule has 6 aliphatic rings. The standard InChI is InChI=1S/C31H52N2O7/c1-15(33-6)20-16(39-26-23(36)21(34)22(35)24(40-26)25(37)38)13-29(5)18-8-7-17-27(2,3)19(32)9-10-30(17)14-31(18,30)12-11-28(20,29)4/h15-24,26,33-36H,7-14,32H2,1-6H3,(H,37,38). The Kier molecular flexibility index (Phi) is 6.66. The maximum Gasteiger partial charge on any atom is 0.335 e. The van der Waals surface area contributed by atoms with E-state index in [1.54, 1.807) is 0 Å². The largest absolute Gasteiger partial charge is 0.479 e. The summed E-state index contributed by atoms with van der Waals surface area (Å²) < 4.78 is 12.1. The Morgan fingerprint density at radius 3 is 2.25 bits per heavy atom. The third kappa shape index (κ3) is 3.49. The first kappa shape index (κ1) is 29.3. The number of aliphatic hydroxyl groups excluding tert-OH is 3. The number of hydrogen-bond acceptors (Lipinski definition) is 8. The van der Waals surface area contributed by atoms with Gasteiger partial charge in [-0.2, -0.15) is 0 Å². The van der Waals surface area contributed by atoms with E-state index >= 15 is 0 Å². The molecule has 0 bridgehead atoms. The molecular weight excluding hydrogens is 512 g/mol. The van der Waals surface area contributed by atoms with Gasteiger partial charge >= 0.3 is 5.97 Å². The number of carbonyl (C=O) groups is 1. The number of ether oxygens (including phenoxy) is 2. The van der Waals surface area contributed by atoms with Gasteiger partial charge in [-0.05, 0) is 104 Å². The zero-order valence-corrected chi connectivity index (χ0v) is 25.1. The van der Waals surface area contributed by atoms with Gasteiger partial charge in [0.05, 0.1) is 6.10 Å². The fourth-order valence-electron chi connectivity index (χ4n) is 12.0. The van der Waals surface area contributed by atoms with Gasteiger partial charge in [0.1, 0.15) is 18.3 Å². The Morgan fingerprint density at radius 1 is 0.950 bits per heavy atom. The Labute approximate surface area is 238 Å². The SMILES string of the molecule is CNC(C)C1C(OC2OC(C(=O)O)C(O)C(O)C2O)CC2(C)C3CCC4C(C)(C)C(N)CCC45CC35CCC12C. The van der Waals surface area contributed by atoms with Crippen molar-refractivity contribution < 1.29 is 34.7 Å². The second-order valence-electron chi connectivity index (χ2n) is 15.7. The smallest absolute Gasteiger partial charge is 0.335 e. The Morgan fingerprint density at radius 2 is 1.60 bits per heavy atom. The number of nitrogens with one attached hydrogen (secondary N) is 1. The number of rotatable bonds is 5. The van der Waals surface area contributed by atoms with Crippen molar-refractivity contribution in [3.63, 3.8) is 0 Å². The van der Waals surface area contributed by atoms with Crippen LogP contribution in [0.4, 0.5) is 0 Å². The number of carboxylic acids is 1. The van der Waals surface area contributed by atoms with Gasteiger partial charge in [-0.15, -0.1) is 0 Å². The molecule has 5 aliphatic carbocycles. The molecule has 0 aromatic heterocycles. The number of carboxylic acid groups (broad SMARTS) is 1. The molecule has 1 saturated heterocycles.